The molecule has 6 N–H and O–H groups in total. The van der Waals surface area contributed by atoms with Crippen LogP contribution in [0.2, 0.25) is 0 Å². The fourth-order valence-corrected chi connectivity index (χ4v) is 4.99. The highest BCUT2D eigenvalue weighted by Gasteiger charge is 2.28. The average Bonchev–Trinajstić information content (AvgIpc) is 3.23. The van der Waals surface area contributed by atoms with Crippen LogP contribution in [-0.4, -0.2) is 43.3 Å². The van der Waals surface area contributed by atoms with Crippen LogP contribution in [0.5, 0.6) is 0 Å². The van der Waals surface area contributed by atoms with E-state index in [1.165, 1.54) is 0 Å². The summed E-state index contributed by atoms with van der Waals surface area (Å²) in [5.41, 5.74) is 11.5. The van der Waals surface area contributed by atoms with Gasteiger partial charge in [-0.25, -0.2) is 0 Å². The normalized spacial score (nSPS) is 13.2. The van der Waals surface area contributed by atoms with Gasteiger partial charge in [0.05, 0.1) is 0 Å². The van der Waals surface area contributed by atoms with E-state index >= 15 is 0 Å². The Balaban J connectivity index is 1.55. The molecule has 216 valence electrons. The number of anilines is 2. The second kappa shape index (κ2) is 15.8. The van der Waals surface area contributed by atoms with Crippen LogP contribution in [0.25, 0.3) is 11.1 Å². The van der Waals surface area contributed by atoms with Crippen molar-refractivity contribution in [3.63, 3.8) is 0 Å². The number of rotatable bonds is 16. The summed E-state index contributed by atoms with van der Waals surface area (Å²) in [5, 5.41) is 11.6. The first-order valence-electron chi connectivity index (χ1n) is 14.5. The van der Waals surface area contributed by atoms with Gasteiger partial charge in [0, 0.05) is 56.1 Å². The standard InChI is InChI=1S/C31H43N5O4/c1-3-17-33-28(37)8-5-10-30(39)35-21-12-14-24-25-15-13-22(20-27(25)23(4-2)26(24)19-21)36-31(40)11-6-9-29(38)34-18-7-16-32/h12-15,19-20,23H,3-11,16-18,32H2,1-2H3,(H,33,37)(H,34,38)(H,35,39)(H,36,40). The van der Waals surface area contributed by atoms with Crippen molar-refractivity contribution in [2.45, 2.75) is 77.6 Å². The van der Waals surface area contributed by atoms with Crippen molar-refractivity contribution in [2.24, 2.45) is 5.73 Å². The smallest absolute Gasteiger partial charge is 0.224 e. The number of amides is 4. The zero-order valence-electron chi connectivity index (χ0n) is 23.7. The fourth-order valence-electron chi connectivity index (χ4n) is 4.99. The van der Waals surface area contributed by atoms with E-state index in [0.717, 1.165) is 52.9 Å². The zero-order valence-corrected chi connectivity index (χ0v) is 23.7. The van der Waals surface area contributed by atoms with Gasteiger partial charge in [-0.3, -0.25) is 19.2 Å². The Morgan fingerprint density at radius 3 is 1.60 bits per heavy atom. The van der Waals surface area contributed by atoms with Crippen molar-refractivity contribution < 1.29 is 19.2 Å². The van der Waals surface area contributed by atoms with Gasteiger partial charge in [-0.2, -0.15) is 0 Å². The van der Waals surface area contributed by atoms with Crippen LogP contribution in [0.3, 0.4) is 0 Å². The number of carbonyl (C=O) groups is 4. The molecular formula is C31H43N5O4. The van der Waals surface area contributed by atoms with Gasteiger partial charge in [-0.15, -0.1) is 0 Å². The van der Waals surface area contributed by atoms with E-state index in [2.05, 4.69) is 28.2 Å². The minimum Gasteiger partial charge on any atom is -0.356 e. The van der Waals surface area contributed by atoms with Gasteiger partial charge in [0.15, 0.2) is 0 Å². The van der Waals surface area contributed by atoms with E-state index in [1.54, 1.807) is 0 Å². The molecule has 0 aromatic heterocycles. The number of hydrogen-bond donors (Lipinski definition) is 5. The van der Waals surface area contributed by atoms with Crippen LogP contribution in [-0.2, 0) is 19.2 Å². The third-order valence-electron chi connectivity index (χ3n) is 7.01. The lowest BCUT2D eigenvalue weighted by Crippen LogP contribution is -2.26. The Morgan fingerprint density at radius 1 is 0.675 bits per heavy atom. The summed E-state index contributed by atoms with van der Waals surface area (Å²) in [6.07, 6.45) is 4.70. The monoisotopic (exact) mass is 549 g/mol. The van der Waals surface area contributed by atoms with E-state index in [9.17, 15) is 19.2 Å². The molecule has 0 radical (unpaired) electrons. The molecule has 0 bridgehead atoms. The van der Waals surface area contributed by atoms with Crippen molar-refractivity contribution in [1.82, 2.24) is 10.6 Å². The molecule has 1 aliphatic rings. The van der Waals surface area contributed by atoms with Gasteiger partial charge in [0.2, 0.25) is 23.6 Å². The van der Waals surface area contributed by atoms with E-state index < -0.39 is 0 Å². The van der Waals surface area contributed by atoms with Crippen molar-refractivity contribution in [3.05, 3.63) is 47.5 Å². The summed E-state index contributed by atoms with van der Waals surface area (Å²) in [4.78, 5) is 48.6. The molecule has 3 rings (SSSR count). The highest BCUT2D eigenvalue weighted by atomic mass is 16.2. The molecule has 0 saturated heterocycles. The first kappa shape index (κ1) is 30.8. The van der Waals surface area contributed by atoms with E-state index in [1.807, 2.05) is 43.3 Å². The second-order valence-electron chi connectivity index (χ2n) is 10.2. The Kier molecular flexibility index (Phi) is 12.1. The van der Waals surface area contributed by atoms with E-state index in [-0.39, 0.29) is 42.4 Å². The molecule has 9 heteroatoms. The summed E-state index contributed by atoms with van der Waals surface area (Å²) in [6, 6.07) is 12.0. The molecule has 0 saturated carbocycles. The third kappa shape index (κ3) is 8.91. The van der Waals surface area contributed by atoms with Crippen molar-refractivity contribution in [1.29, 1.82) is 0 Å². The van der Waals surface area contributed by atoms with Crippen molar-refractivity contribution in [3.8, 4) is 11.1 Å². The second-order valence-corrected chi connectivity index (χ2v) is 10.2. The fraction of sp³-hybridized carbons (Fsp3) is 0.484. The molecular weight excluding hydrogens is 506 g/mol. The van der Waals surface area contributed by atoms with Crippen molar-refractivity contribution in [2.75, 3.05) is 30.3 Å². The minimum atomic E-state index is -0.119. The average molecular weight is 550 g/mol. The Bertz CT molecular complexity index is 1200. The molecule has 1 aliphatic carbocycles. The highest BCUT2D eigenvalue weighted by molar-refractivity contribution is 5.94. The molecule has 1 unspecified atom stereocenters. The van der Waals surface area contributed by atoms with Crippen LogP contribution in [0.15, 0.2) is 36.4 Å². The molecule has 9 nitrogen and oxygen atoms in total. The van der Waals surface area contributed by atoms with Gasteiger partial charge in [0.1, 0.15) is 0 Å². The predicted molar refractivity (Wildman–Crippen MR) is 159 cm³/mol. The molecule has 0 heterocycles. The third-order valence-corrected chi connectivity index (χ3v) is 7.01. The van der Waals surface area contributed by atoms with Gasteiger partial charge in [-0.1, -0.05) is 26.0 Å². The first-order chi connectivity index (χ1) is 19.4. The molecule has 0 aliphatic heterocycles. The summed E-state index contributed by atoms with van der Waals surface area (Å²) >= 11 is 0. The quantitative estimate of drug-likeness (QED) is 0.197. The molecule has 1 atom stereocenters. The lowest BCUT2D eigenvalue weighted by atomic mass is 9.94. The number of hydrogen-bond acceptors (Lipinski definition) is 5. The van der Waals surface area contributed by atoms with Gasteiger partial charge in [0.25, 0.3) is 0 Å². The SMILES string of the molecule is CCCNC(=O)CCCC(=O)Nc1ccc2c(c1)C(CC)c1cc(NC(=O)CCCC(=O)NCCCN)ccc1-2. The summed E-state index contributed by atoms with van der Waals surface area (Å²) in [7, 11) is 0. The lowest BCUT2D eigenvalue weighted by molar-refractivity contribution is -0.122. The maximum atomic E-state index is 12.5. The highest BCUT2D eigenvalue weighted by Crippen LogP contribution is 2.48. The summed E-state index contributed by atoms with van der Waals surface area (Å²) in [6.45, 7) is 5.88. The Hall–Kier alpha value is -3.72. The van der Waals surface area contributed by atoms with Crippen LogP contribution in [0, 0.1) is 0 Å². The van der Waals surface area contributed by atoms with Crippen LogP contribution in [0.4, 0.5) is 11.4 Å². The van der Waals surface area contributed by atoms with Crippen LogP contribution >= 0.6 is 0 Å². The topological polar surface area (TPSA) is 142 Å². The van der Waals surface area contributed by atoms with E-state index in [4.69, 9.17) is 5.73 Å². The van der Waals surface area contributed by atoms with Gasteiger partial charge in [-0.05, 0) is 85.2 Å². The van der Waals surface area contributed by atoms with Gasteiger partial charge < -0.3 is 27.0 Å². The Labute approximate surface area is 237 Å². The zero-order chi connectivity index (χ0) is 28.9. The van der Waals surface area contributed by atoms with E-state index in [0.29, 0.717) is 45.3 Å². The number of carbonyl (C=O) groups excluding carboxylic acids is 4. The van der Waals surface area contributed by atoms with Gasteiger partial charge >= 0.3 is 0 Å². The number of nitrogens with two attached hydrogens (primary N) is 1. The number of nitrogens with one attached hydrogen (secondary N) is 4. The molecule has 2 aromatic rings. The maximum Gasteiger partial charge on any atom is 0.224 e. The minimum absolute atomic E-state index is 0.0206. The predicted octanol–water partition coefficient (Wildman–Crippen LogP) is 4.42. The maximum absolute atomic E-state index is 12.5. The van der Waals surface area contributed by atoms with Crippen molar-refractivity contribution >= 4 is 35.0 Å². The number of fused-ring (bicyclic) bond motifs is 3. The van der Waals surface area contributed by atoms with Crippen LogP contribution in [0.1, 0.15) is 88.7 Å². The van der Waals surface area contributed by atoms with Crippen LogP contribution < -0.4 is 27.0 Å². The number of benzene rings is 2. The largest absolute Gasteiger partial charge is 0.356 e. The molecule has 0 spiro atoms. The first-order valence-corrected chi connectivity index (χ1v) is 14.5. The molecule has 4 amide bonds. The summed E-state index contributed by atoms with van der Waals surface area (Å²) in [5.74, 6) is -0.158. The molecule has 40 heavy (non-hydrogen) atoms. The summed E-state index contributed by atoms with van der Waals surface area (Å²) < 4.78 is 0. The molecule has 0 fully saturated rings. The Morgan fingerprint density at radius 2 is 1.15 bits per heavy atom. The lowest BCUT2D eigenvalue weighted by Gasteiger charge is -2.13. The molecule has 2 aromatic carbocycles.